The van der Waals surface area contributed by atoms with Crippen molar-refractivity contribution >= 4 is 15.7 Å². The van der Waals surface area contributed by atoms with Gasteiger partial charge in [0.15, 0.2) is 9.84 Å². The maximum atomic E-state index is 13.1. The fourth-order valence-electron chi connectivity index (χ4n) is 4.37. The third-order valence-electron chi connectivity index (χ3n) is 6.24. The second-order valence-electron chi connectivity index (χ2n) is 8.61. The second-order valence-corrected chi connectivity index (χ2v) is 10.7. The number of hydrogen-bond acceptors (Lipinski definition) is 4. The lowest BCUT2D eigenvalue weighted by Crippen LogP contribution is -2.51. The zero-order chi connectivity index (χ0) is 24.0. The molecule has 3 aromatic rings. The van der Waals surface area contributed by atoms with E-state index in [0.29, 0.717) is 43.8 Å². The van der Waals surface area contributed by atoms with Crippen molar-refractivity contribution in [3.63, 3.8) is 0 Å². The van der Waals surface area contributed by atoms with E-state index in [1.54, 1.807) is 42.5 Å². The molecule has 0 fully saturated rings. The van der Waals surface area contributed by atoms with Crippen LogP contribution in [-0.4, -0.2) is 44.1 Å². The molecule has 1 amide bonds. The highest BCUT2D eigenvalue weighted by Gasteiger charge is 2.31. The van der Waals surface area contributed by atoms with E-state index in [2.05, 4.69) is 16.3 Å². The topological polar surface area (TPSA) is 66.5 Å². The Hall–Kier alpha value is -3.03. The lowest BCUT2D eigenvalue weighted by molar-refractivity contribution is -0.127. The van der Waals surface area contributed by atoms with Crippen LogP contribution in [0.2, 0.25) is 0 Å². The maximum Gasteiger partial charge on any atom is 0.237 e. The average Bonchev–Trinajstić information content (AvgIpc) is 2.85. The van der Waals surface area contributed by atoms with Crippen LogP contribution in [-0.2, 0) is 34.0 Å². The summed E-state index contributed by atoms with van der Waals surface area (Å²) in [6.45, 7) is 1.58. The smallest absolute Gasteiger partial charge is 0.237 e. The summed E-state index contributed by atoms with van der Waals surface area (Å²) in [4.78, 5) is 15.5. The number of fused-ring (bicyclic) bond motifs is 1. The fourth-order valence-corrected chi connectivity index (χ4v) is 5.69. The minimum absolute atomic E-state index is 0.0358. The molecule has 0 aliphatic carbocycles. The number of rotatable bonds is 9. The van der Waals surface area contributed by atoms with Crippen LogP contribution in [0, 0.1) is 5.82 Å². The molecule has 7 heteroatoms. The Morgan fingerprint density at radius 2 is 1.62 bits per heavy atom. The molecular weight excluding hydrogens is 451 g/mol. The number of hydrogen-bond donors (Lipinski definition) is 1. The van der Waals surface area contributed by atoms with Crippen LogP contribution in [0.25, 0.3) is 0 Å². The Labute approximate surface area is 200 Å². The third kappa shape index (κ3) is 6.10. The van der Waals surface area contributed by atoms with Gasteiger partial charge in [0.2, 0.25) is 5.91 Å². The Morgan fingerprint density at radius 1 is 0.941 bits per heavy atom. The van der Waals surface area contributed by atoms with Crippen LogP contribution >= 0.6 is 0 Å². The predicted molar refractivity (Wildman–Crippen MR) is 131 cm³/mol. The molecule has 178 valence electrons. The van der Waals surface area contributed by atoms with Crippen molar-refractivity contribution in [3.05, 3.63) is 101 Å². The molecule has 1 aliphatic heterocycles. The molecule has 1 aliphatic rings. The summed E-state index contributed by atoms with van der Waals surface area (Å²) in [5.74, 6) is -0.310. The summed E-state index contributed by atoms with van der Waals surface area (Å²) in [7, 11) is -3.36. The van der Waals surface area contributed by atoms with Gasteiger partial charge >= 0.3 is 0 Å². The average molecular weight is 481 g/mol. The fraction of sp³-hybridized carbons (Fsp3) is 0.296. The SMILES string of the molecule is O=C(NCCc1ccc(F)cc1)C1Cc2ccccc2CN1CCCS(=O)(=O)c1ccccc1. The third-order valence-corrected chi connectivity index (χ3v) is 8.05. The molecule has 3 aromatic carbocycles. The van der Waals surface area contributed by atoms with Gasteiger partial charge in [0, 0.05) is 19.6 Å². The quantitative estimate of drug-likeness (QED) is 0.506. The van der Waals surface area contributed by atoms with Crippen LogP contribution < -0.4 is 5.32 Å². The molecule has 0 saturated carbocycles. The summed E-state index contributed by atoms with van der Waals surface area (Å²) >= 11 is 0. The highest BCUT2D eigenvalue weighted by molar-refractivity contribution is 7.91. The first-order valence-electron chi connectivity index (χ1n) is 11.5. The van der Waals surface area contributed by atoms with Gasteiger partial charge in [-0.3, -0.25) is 9.69 Å². The Bertz CT molecular complexity index is 1210. The predicted octanol–water partition coefficient (Wildman–Crippen LogP) is 3.78. The van der Waals surface area contributed by atoms with Crippen LogP contribution in [0.1, 0.15) is 23.1 Å². The van der Waals surface area contributed by atoms with Gasteiger partial charge in [0.25, 0.3) is 0 Å². The van der Waals surface area contributed by atoms with Crippen molar-refractivity contribution in [2.24, 2.45) is 0 Å². The number of carbonyl (C=O) groups is 1. The minimum atomic E-state index is -3.36. The van der Waals surface area contributed by atoms with Gasteiger partial charge in [-0.1, -0.05) is 54.6 Å². The number of nitrogens with zero attached hydrogens (tertiary/aromatic N) is 1. The lowest BCUT2D eigenvalue weighted by atomic mass is 9.93. The highest BCUT2D eigenvalue weighted by Crippen LogP contribution is 2.24. The molecular formula is C27H29FN2O3S. The van der Waals surface area contributed by atoms with E-state index in [4.69, 9.17) is 0 Å². The van der Waals surface area contributed by atoms with E-state index >= 15 is 0 Å². The minimum Gasteiger partial charge on any atom is -0.354 e. The van der Waals surface area contributed by atoms with Gasteiger partial charge in [-0.2, -0.15) is 0 Å². The summed E-state index contributed by atoms with van der Waals surface area (Å²) in [6.07, 6.45) is 1.65. The lowest BCUT2D eigenvalue weighted by Gasteiger charge is -2.36. The summed E-state index contributed by atoms with van der Waals surface area (Å²) < 4.78 is 38.4. The number of carbonyl (C=O) groups excluding carboxylic acids is 1. The monoisotopic (exact) mass is 480 g/mol. The Balaban J connectivity index is 1.39. The summed E-state index contributed by atoms with van der Waals surface area (Å²) in [5, 5.41) is 3.02. The van der Waals surface area contributed by atoms with E-state index in [1.807, 2.05) is 18.2 Å². The molecule has 34 heavy (non-hydrogen) atoms. The highest BCUT2D eigenvalue weighted by atomic mass is 32.2. The van der Waals surface area contributed by atoms with Crippen LogP contribution in [0.15, 0.2) is 83.8 Å². The van der Waals surface area contributed by atoms with Crippen molar-refractivity contribution in [1.82, 2.24) is 10.2 Å². The van der Waals surface area contributed by atoms with Crippen LogP contribution in [0.4, 0.5) is 4.39 Å². The van der Waals surface area contributed by atoms with Crippen molar-refractivity contribution in [2.75, 3.05) is 18.8 Å². The van der Waals surface area contributed by atoms with Gasteiger partial charge in [0.1, 0.15) is 5.82 Å². The molecule has 1 heterocycles. The molecule has 0 aromatic heterocycles. The molecule has 0 radical (unpaired) electrons. The zero-order valence-electron chi connectivity index (χ0n) is 19.0. The molecule has 5 nitrogen and oxygen atoms in total. The van der Waals surface area contributed by atoms with E-state index in [9.17, 15) is 17.6 Å². The van der Waals surface area contributed by atoms with Gasteiger partial charge in [-0.05, 0) is 60.2 Å². The number of nitrogens with one attached hydrogen (secondary N) is 1. The largest absolute Gasteiger partial charge is 0.354 e. The van der Waals surface area contributed by atoms with E-state index in [-0.39, 0.29) is 23.5 Å². The van der Waals surface area contributed by atoms with Gasteiger partial charge < -0.3 is 5.32 Å². The second kappa shape index (κ2) is 10.9. The summed E-state index contributed by atoms with van der Waals surface area (Å²) in [6, 6.07) is 22.5. The van der Waals surface area contributed by atoms with E-state index < -0.39 is 9.84 Å². The first kappa shape index (κ1) is 24.1. The van der Waals surface area contributed by atoms with E-state index in [1.165, 1.54) is 17.7 Å². The first-order chi connectivity index (χ1) is 16.4. The number of sulfone groups is 1. The Morgan fingerprint density at radius 3 is 2.35 bits per heavy atom. The van der Waals surface area contributed by atoms with Crippen molar-refractivity contribution in [3.8, 4) is 0 Å². The number of amides is 1. The van der Waals surface area contributed by atoms with Crippen molar-refractivity contribution < 1.29 is 17.6 Å². The molecule has 0 saturated heterocycles. The van der Waals surface area contributed by atoms with Crippen LogP contribution in [0.5, 0.6) is 0 Å². The standard InChI is InChI=1S/C27H29FN2O3S/c28-24-13-11-21(12-14-24)15-16-29-27(31)26-19-22-7-4-5-8-23(22)20-30(26)17-6-18-34(32,33)25-9-2-1-3-10-25/h1-5,7-14,26H,6,15-20H2,(H,29,31). The maximum absolute atomic E-state index is 13.1. The van der Waals surface area contributed by atoms with Crippen molar-refractivity contribution in [2.45, 2.75) is 36.7 Å². The Kier molecular flexibility index (Phi) is 7.75. The first-order valence-corrected chi connectivity index (χ1v) is 13.2. The molecule has 1 unspecified atom stereocenters. The van der Waals surface area contributed by atoms with Gasteiger partial charge in [0.05, 0.1) is 16.7 Å². The molecule has 0 spiro atoms. The normalized spacial score (nSPS) is 16.1. The molecule has 0 bridgehead atoms. The van der Waals surface area contributed by atoms with Crippen LogP contribution in [0.3, 0.4) is 0 Å². The van der Waals surface area contributed by atoms with Crippen molar-refractivity contribution in [1.29, 1.82) is 0 Å². The molecule has 1 N–H and O–H groups in total. The van der Waals surface area contributed by atoms with Gasteiger partial charge in [-0.15, -0.1) is 0 Å². The summed E-state index contributed by atoms with van der Waals surface area (Å²) in [5.41, 5.74) is 3.27. The zero-order valence-corrected chi connectivity index (χ0v) is 19.8. The van der Waals surface area contributed by atoms with Gasteiger partial charge in [-0.25, -0.2) is 12.8 Å². The molecule has 4 rings (SSSR count). The number of benzene rings is 3. The number of halogens is 1. The molecule has 1 atom stereocenters. The van der Waals surface area contributed by atoms with E-state index in [0.717, 1.165) is 11.1 Å².